The van der Waals surface area contributed by atoms with E-state index in [1.165, 1.54) is 19.2 Å². The van der Waals surface area contributed by atoms with Crippen molar-refractivity contribution in [1.29, 1.82) is 0 Å². The standard InChI is InChI=1S/C15H14BrNO4S/c1-21-15(18)12-4-2-3-11(9-12)10-17-22(19,20)14-7-5-13(16)6-8-14/h2-9,17H,10H2,1H3. The quantitative estimate of drug-likeness (QED) is 0.805. The molecule has 0 bridgehead atoms. The Labute approximate surface area is 137 Å². The molecule has 22 heavy (non-hydrogen) atoms. The van der Waals surface area contributed by atoms with Gasteiger partial charge < -0.3 is 4.74 Å². The summed E-state index contributed by atoms with van der Waals surface area (Å²) in [6.07, 6.45) is 0. The number of ether oxygens (including phenoxy) is 1. The fraction of sp³-hybridized carbons (Fsp3) is 0.133. The predicted molar refractivity (Wildman–Crippen MR) is 85.9 cm³/mol. The third kappa shape index (κ3) is 4.16. The van der Waals surface area contributed by atoms with Gasteiger partial charge in [-0.15, -0.1) is 0 Å². The van der Waals surface area contributed by atoms with E-state index < -0.39 is 16.0 Å². The summed E-state index contributed by atoms with van der Waals surface area (Å²) in [7, 11) is -2.30. The molecule has 0 aliphatic heterocycles. The van der Waals surface area contributed by atoms with Gasteiger partial charge in [0.2, 0.25) is 10.0 Å². The molecule has 0 atom stereocenters. The lowest BCUT2D eigenvalue weighted by molar-refractivity contribution is 0.0600. The van der Waals surface area contributed by atoms with Crippen molar-refractivity contribution in [3.05, 3.63) is 64.1 Å². The van der Waals surface area contributed by atoms with E-state index in [4.69, 9.17) is 0 Å². The minimum absolute atomic E-state index is 0.0865. The van der Waals surface area contributed by atoms with Crippen molar-refractivity contribution in [3.63, 3.8) is 0 Å². The highest BCUT2D eigenvalue weighted by atomic mass is 79.9. The number of carbonyl (C=O) groups excluding carboxylic acids is 1. The molecule has 0 spiro atoms. The second kappa shape index (κ2) is 7.04. The first kappa shape index (κ1) is 16.7. The van der Waals surface area contributed by atoms with E-state index >= 15 is 0 Å². The van der Waals surface area contributed by atoms with Crippen molar-refractivity contribution in [3.8, 4) is 0 Å². The topological polar surface area (TPSA) is 72.5 Å². The van der Waals surface area contributed by atoms with Gasteiger partial charge in [0.1, 0.15) is 0 Å². The molecule has 7 heteroatoms. The number of hydrogen-bond acceptors (Lipinski definition) is 4. The molecular formula is C15H14BrNO4S. The van der Waals surface area contributed by atoms with Crippen LogP contribution in [-0.2, 0) is 21.3 Å². The maximum Gasteiger partial charge on any atom is 0.337 e. The Kier molecular flexibility index (Phi) is 5.33. The van der Waals surface area contributed by atoms with E-state index in [9.17, 15) is 13.2 Å². The molecule has 5 nitrogen and oxygen atoms in total. The monoisotopic (exact) mass is 383 g/mol. The number of benzene rings is 2. The molecule has 1 N–H and O–H groups in total. The number of esters is 1. The zero-order chi connectivity index (χ0) is 16.2. The van der Waals surface area contributed by atoms with Crippen LogP contribution >= 0.6 is 15.9 Å². The lowest BCUT2D eigenvalue weighted by Gasteiger charge is -2.08. The summed E-state index contributed by atoms with van der Waals surface area (Å²) < 4.78 is 32.3. The van der Waals surface area contributed by atoms with Crippen molar-refractivity contribution in [2.75, 3.05) is 7.11 Å². The predicted octanol–water partition coefficient (Wildman–Crippen LogP) is 2.71. The summed E-state index contributed by atoms with van der Waals surface area (Å²) in [6.45, 7) is 0.0865. The highest BCUT2D eigenvalue weighted by Gasteiger charge is 2.14. The van der Waals surface area contributed by atoms with Crippen molar-refractivity contribution in [2.24, 2.45) is 0 Å². The molecule has 2 rings (SSSR count). The van der Waals surface area contributed by atoms with Gasteiger partial charge in [0.05, 0.1) is 17.6 Å². The molecule has 0 heterocycles. The number of hydrogen-bond donors (Lipinski definition) is 1. The molecule has 0 aliphatic rings. The summed E-state index contributed by atoms with van der Waals surface area (Å²) in [5.74, 6) is -0.461. The lowest BCUT2D eigenvalue weighted by atomic mass is 10.1. The van der Waals surface area contributed by atoms with Gasteiger partial charge in [0, 0.05) is 11.0 Å². The Morgan fingerprint density at radius 3 is 2.50 bits per heavy atom. The minimum atomic E-state index is -3.60. The first-order chi connectivity index (χ1) is 10.4. The molecule has 2 aromatic rings. The highest BCUT2D eigenvalue weighted by molar-refractivity contribution is 9.10. The van der Waals surface area contributed by atoms with Crippen LogP contribution in [0.2, 0.25) is 0 Å². The molecular weight excluding hydrogens is 370 g/mol. The fourth-order valence-corrected chi connectivity index (χ4v) is 3.08. The van der Waals surface area contributed by atoms with E-state index in [-0.39, 0.29) is 11.4 Å². The summed E-state index contributed by atoms with van der Waals surface area (Å²) >= 11 is 3.26. The second-order valence-electron chi connectivity index (χ2n) is 4.47. The fourth-order valence-electron chi connectivity index (χ4n) is 1.80. The maximum atomic E-state index is 12.2. The van der Waals surface area contributed by atoms with E-state index in [0.717, 1.165) is 4.47 Å². The van der Waals surface area contributed by atoms with Crippen LogP contribution in [0.5, 0.6) is 0 Å². The molecule has 0 aliphatic carbocycles. The van der Waals surface area contributed by atoms with Crippen LogP contribution in [0.4, 0.5) is 0 Å². The van der Waals surface area contributed by atoms with Crippen LogP contribution < -0.4 is 4.72 Å². The molecule has 0 saturated heterocycles. The van der Waals surface area contributed by atoms with Crippen molar-refractivity contribution in [2.45, 2.75) is 11.4 Å². The zero-order valence-corrected chi connectivity index (χ0v) is 14.1. The second-order valence-corrected chi connectivity index (χ2v) is 7.15. The molecule has 0 radical (unpaired) electrons. The van der Waals surface area contributed by atoms with Crippen molar-refractivity contribution in [1.82, 2.24) is 4.72 Å². The molecule has 2 aromatic carbocycles. The van der Waals surface area contributed by atoms with E-state index in [1.54, 1.807) is 36.4 Å². The summed E-state index contributed by atoms with van der Waals surface area (Å²) in [5.41, 5.74) is 1.05. The first-order valence-corrected chi connectivity index (χ1v) is 8.62. The van der Waals surface area contributed by atoms with Crippen molar-refractivity contribution >= 4 is 31.9 Å². The van der Waals surface area contributed by atoms with Gasteiger partial charge in [0.15, 0.2) is 0 Å². The van der Waals surface area contributed by atoms with Crippen LogP contribution in [0.15, 0.2) is 57.9 Å². The molecule has 116 valence electrons. The molecule has 0 fully saturated rings. The smallest absolute Gasteiger partial charge is 0.337 e. The van der Waals surface area contributed by atoms with E-state index in [2.05, 4.69) is 25.4 Å². The number of rotatable bonds is 5. The molecule has 0 amide bonds. The number of methoxy groups -OCH3 is 1. The summed E-state index contributed by atoms with van der Waals surface area (Å²) in [6, 6.07) is 13.0. The van der Waals surface area contributed by atoms with E-state index in [1.807, 2.05) is 0 Å². The third-order valence-corrected chi connectivity index (χ3v) is 4.88. The Hall–Kier alpha value is -1.70. The van der Waals surface area contributed by atoms with Gasteiger partial charge in [-0.05, 0) is 42.0 Å². The van der Waals surface area contributed by atoms with Gasteiger partial charge in [-0.25, -0.2) is 17.9 Å². The van der Waals surface area contributed by atoms with Gasteiger partial charge in [-0.1, -0.05) is 28.1 Å². The Balaban J connectivity index is 2.12. The Bertz CT molecular complexity index is 772. The summed E-state index contributed by atoms with van der Waals surface area (Å²) in [5, 5.41) is 0. The van der Waals surface area contributed by atoms with Gasteiger partial charge in [-0.2, -0.15) is 0 Å². The Morgan fingerprint density at radius 1 is 1.18 bits per heavy atom. The van der Waals surface area contributed by atoms with Crippen LogP contribution in [-0.4, -0.2) is 21.5 Å². The van der Waals surface area contributed by atoms with Crippen LogP contribution in [0, 0.1) is 0 Å². The number of nitrogens with one attached hydrogen (secondary N) is 1. The van der Waals surface area contributed by atoms with Crippen LogP contribution in [0.1, 0.15) is 15.9 Å². The maximum absolute atomic E-state index is 12.2. The minimum Gasteiger partial charge on any atom is -0.465 e. The normalized spacial score (nSPS) is 11.2. The summed E-state index contributed by atoms with van der Waals surface area (Å²) in [4.78, 5) is 11.6. The van der Waals surface area contributed by atoms with Crippen LogP contribution in [0.3, 0.4) is 0 Å². The molecule has 0 unspecified atom stereocenters. The van der Waals surface area contributed by atoms with Gasteiger partial charge in [-0.3, -0.25) is 0 Å². The highest BCUT2D eigenvalue weighted by Crippen LogP contribution is 2.15. The Morgan fingerprint density at radius 2 is 1.86 bits per heavy atom. The number of halogens is 1. The molecule has 0 aromatic heterocycles. The zero-order valence-electron chi connectivity index (χ0n) is 11.7. The SMILES string of the molecule is COC(=O)c1cccc(CNS(=O)(=O)c2ccc(Br)cc2)c1. The number of sulfonamides is 1. The first-order valence-electron chi connectivity index (χ1n) is 6.35. The largest absolute Gasteiger partial charge is 0.465 e. The number of carbonyl (C=O) groups is 1. The lowest BCUT2D eigenvalue weighted by Crippen LogP contribution is -2.23. The van der Waals surface area contributed by atoms with E-state index in [0.29, 0.717) is 11.1 Å². The van der Waals surface area contributed by atoms with Crippen molar-refractivity contribution < 1.29 is 17.9 Å². The third-order valence-electron chi connectivity index (χ3n) is 2.94. The van der Waals surface area contributed by atoms with Crippen LogP contribution in [0.25, 0.3) is 0 Å². The van der Waals surface area contributed by atoms with Gasteiger partial charge in [0.25, 0.3) is 0 Å². The van der Waals surface area contributed by atoms with Gasteiger partial charge >= 0.3 is 5.97 Å². The average molecular weight is 384 g/mol. The average Bonchev–Trinajstić information content (AvgIpc) is 2.53. The molecule has 0 saturated carbocycles.